The minimum Gasteiger partial charge on any atom is -0.467 e. The molecule has 0 spiro atoms. The highest BCUT2D eigenvalue weighted by molar-refractivity contribution is 6.09. The Bertz CT molecular complexity index is 1380. The first kappa shape index (κ1) is 23.2. The molecule has 1 aliphatic rings. The Morgan fingerprint density at radius 3 is 1.83 bits per heavy atom. The molecule has 36 heavy (non-hydrogen) atoms. The van der Waals surface area contributed by atoms with Crippen molar-refractivity contribution < 1.29 is 19.1 Å². The fourth-order valence-electron chi connectivity index (χ4n) is 4.81. The molecule has 0 saturated carbocycles. The first-order valence-corrected chi connectivity index (χ1v) is 11.8. The zero-order valence-corrected chi connectivity index (χ0v) is 19.8. The minimum atomic E-state index is -0.863. The van der Waals surface area contributed by atoms with Crippen LogP contribution in [0.4, 0.5) is 0 Å². The zero-order valence-electron chi connectivity index (χ0n) is 19.8. The SMILES string of the molecule is COC(=O)[C@@H](Cc1ccc(C(=O)c2ccccc2)cc1)NC(=O)C1c2ccccc2-c2ccccc21. The number of nitrogens with one attached hydrogen (secondary N) is 1. The molecule has 0 saturated heterocycles. The van der Waals surface area contributed by atoms with Crippen molar-refractivity contribution in [3.8, 4) is 11.1 Å². The number of esters is 1. The van der Waals surface area contributed by atoms with Crippen LogP contribution in [-0.2, 0) is 20.7 Å². The van der Waals surface area contributed by atoms with Gasteiger partial charge in [-0.05, 0) is 27.8 Å². The Kier molecular flexibility index (Phi) is 6.46. The molecule has 1 N–H and O–H groups in total. The van der Waals surface area contributed by atoms with E-state index in [4.69, 9.17) is 4.74 Å². The van der Waals surface area contributed by atoms with Crippen LogP contribution in [0.15, 0.2) is 103 Å². The third-order valence-corrected chi connectivity index (χ3v) is 6.59. The lowest BCUT2D eigenvalue weighted by molar-refractivity contribution is -0.145. The van der Waals surface area contributed by atoms with E-state index >= 15 is 0 Å². The molecule has 0 fully saturated rings. The number of ether oxygens (including phenoxy) is 1. The monoisotopic (exact) mass is 475 g/mol. The highest BCUT2D eigenvalue weighted by Crippen LogP contribution is 2.44. The van der Waals surface area contributed by atoms with E-state index in [-0.39, 0.29) is 18.1 Å². The summed E-state index contributed by atoms with van der Waals surface area (Å²) < 4.78 is 5.00. The first-order chi connectivity index (χ1) is 17.6. The second-order valence-electron chi connectivity index (χ2n) is 8.79. The summed E-state index contributed by atoms with van der Waals surface area (Å²) in [5, 5.41) is 2.92. The van der Waals surface area contributed by atoms with Gasteiger partial charge in [-0.3, -0.25) is 9.59 Å². The van der Waals surface area contributed by atoms with Crippen molar-refractivity contribution in [1.82, 2.24) is 5.32 Å². The smallest absolute Gasteiger partial charge is 0.328 e. The van der Waals surface area contributed by atoms with Gasteiger partial charge in [0.1, 0.15) is 6.04 Å². The molecule has 0 heterocycles. The van der Waals surface area contributed by atoms with Gasteiger partial charge in [-0.15, -0.1) is 0 Å². The third-order valence-electron chi connectivity index (χ3n) is 6.59. The van der Waals surface area contributed by atoms with E-state index in [0.717, 1.165) is 27.8 Å². The number of fused-ring (bicyclic) bond motifs is 3. The van der Waals surface area contributed by atoms with Crippen LogP contribution in [0, 0.1) is 0 Å². The van der Waals surface area contributed by atoms with Gasteiger partial charge in [-0.1, -0.05) is 103 Å². The fourth-order valence-corrected chi connectivity index (χ4v) is 4.81. The first-order valence-electron chi connectivity index (χ1n) is 11.8. The predicted octanol–water partition coefficient (Wildman–Crippen LogP) is 4.93. The fraction of sp³-hybridized carbons (Fsp3) is 0.129. The number of ketones is 1. The molecule has 0 aromatic heterocycles. The number of benzene rings is 4. The number of hydrogen-bond acceptors (Lipinski definition) is 4. The van der Waals surface area contributed by atoms with E-state index in [1.165, 1.54) is 7.11 Å². The van der Waals surface area contributed by atoms with Crippen molar-refractivity contribution in [3.63, 3.8) is 0 Å². The summed E-state index contributed by atoms with van der Waals surface area (Å²) in [4.78, 5) is 38.9. The van der Waals surface area contributed by atoms with E-state index in [2.05, 4.69) is 5.32 Å². The van der Waals surface area contributed by atoms with Crippen molar-refractivity contribution in [1.29, 1.82) is 0 Å². The number of hydrogen-bond donors (Lipinski definition) is 1. The zero-order chi connectivity index (χ0) is 25.1. The summed E-state index contributed by atoms with van der Waals surface area (Å²) in [6.45, 7) is 0. The third kappa shape index (κ3) is 4.43. The molecule has 4 aromatic rings. The van der Waals surface area contributed by atoms with Crippen LogP contribution >= 0.6 is 0 Å². The lowest BCUT2D eigenvalue weighted by Crippen LogP contribution is -2.45. The molecule has 178 valence electrons. The molecule has 5 heteroatoms. The van der Waals surface area contributed by atoms with Crippen molar-refractivity contribution in [2.24, 2.45) is 0 Å². The van der Waals surface area contributed by atoms with Gasteiger partial charge >= 0.3 is 5.97 Å². The van der Waals surface area contributed by atoms with Crippen LogP contribution in [0.1, 0.15) is 38.5 Å². The average Bonchev–Trinajstić information content (AvgIpc) is 3.27. The van der Waals surface area contributed by atoms with Gasteiger partial charge in [0.15, 0.2) is 5.78 Å². The van der Waals surface area contributed by atoms with E-state index in [1.807, 2.05) is 66.7 Å². The quantitative estimate of drug-likeness (QED) is 0.304. The van der Waals surface area contributed by atoms with Crippen LogP contribution in [0.3, 0.4) is 0 Å². The lowest BCUT2D eigenvalue weighted by atomic mass is 9.95. The second-order valence-corrected chi connectivity index (χ2v) is 8.79. The second kappa shape index (κ2) is 10.0. The van der Waals surface area contributed by atoms with E-state index in [0.29, 0.717) is 11.1 Å². The highest BCUT2D eigenvalue weighted by Gasteiger charge is 2.35. The minimum absolute atomic E-state index is 0.0708. The topological polar surface area (TPSA) is 72.5 Å². The van der Waals surface area contributed by atoms with Crippen LogP contribution in [0.5, 0.6) is 0 Å². The Hall–Kier alpha value is -4.51. The Morgan fingerprint density at radius 1 is 0.722 bits per heavy atom. The Balaban J connectivity index is 1.36. The molecule has 0 unspecified atom stereocenters. The maximum Gasteiger partial charge on any atom is 0.328 e. The molecule has 1 aliphatic carbocycles. The molecule has 5 rings (SSSR count). The summed E-state index contributed by atoms with van der Waals surface area (Å²) >= 11 is 0. The summed E-state index contributed by atoms with van der Waals surface area (Å²) in [6.07, 6.45) is 0.244. The van der Waals surface area contributed by atoms with E-state index in [1.54, 1.807) is 36.4 Å². The Morgan fingerprint density at radius 2 is 1.25 bits per heavy atom. The number of methoxy groups -OCH3 is 1. The molecular weight excluding hydrogens is 450 g/mol. The normalized spacial score (nSPS) is 12.8. The molecule has 0 aliphatic heterocycles. The Labute approximate surface area is 209 Å². The summed E-state index contributed by atoms with van der Waals surface area (Å²) in [5.41, 5.74) is 5.88. The summed E-state index contributed by atoms with van der Waals surface area (Å²) in [6, 6.07) is 31.0. The van der Waals surface area contributed by atoms with E-state index in [9.17, 15) is 14.4 Å². The molecule has 1 atom stereocenters. The number of rotatable bonds is 7. The maximum atomic E-state index is 13.5. The number of carbonyl (C=O) groups excluding carboxylic acids is 3. The molecule has 1 amide bonds. The van der Waals surface area contributed by atoms with Crippen molar-refractivity contribution in [3.05, 3.63) is 131 Å². The number of carbonyl (C=O) groups is 3. The van der Waals surface area contributed by atoms with Gasteiger partial charge < -0.3 is 10.1 Å². The largest absolute Gasteiger partial charge is 0.467 e. The van der Waals surface area contributed by atoms with Crippen molar-refractivity contribution in [2.75, 3.05) is 7.11 Å². The maximum absolute atomic E-state index is 13.5. The van der Waals surface area contributed by atoms with Gasteiger partial charge in [-0.2, -0.15) is 0 Å². The van der Waals surface area contributed by atoms with Crippen molar-refractivity contribution >= 4 is 17.7 Å². The average molecular weight is 476 g/mol. The van der Waals surface area contributed by atoms with Gasteiger partial charge in [0.2, 0.25) is 5.91 Å². The van der Waals surface area contributed by atoms with Crippen LogP contribution in [-0.4, -0.2) is 30.8 Å². The lowest BCUT2D eigenvalue weighted by Gasteiger charge is -2.20. The molecule has 0 bridgehead atoms. The molecule has 0 radical (unpaired) electrons. The summed E-state index contributed by atoms with van der Waals surface area (Å²) in [5.74, 6) is -1.35. The van der Waals surface area contributed by atoms with Gasteiger partial charge in [0.05, 0.1) is 13.0 Å². The van der Waals surface area contributed by atoms with Crippen LogP contribution in [0.25, 0.3) is 11.1 Å². The molecule has 4 aromatic carbocycles. The predicted molar refractivity (Wildman–Crippen MR) is 138 cm³/mol. The number of amides is 1. The van der Waals surface area contributed by atoms with Gasteiger partial charge in [0.25, 0.3) is 0 Å². The standard InChI is InChI=1S/C31H25NO4/c1-36-31(35)27(19-20-15-17-22(18-16-20)29(33)21-9-3-2-4-10-21)32-30(34)28-25-13-7-5-11-23(25)24-12-6-8-14-26(24)28/h2-18,27-28H,19H2,1H3,(H,32,34)/t27-/m1/s1. The van der Waals surface area contributed by atoms with Crippen molar-refractivity contribution in [2.45, 2.75) is 18.4 Å². The van der Waals surface area contributed by atoms with E-state index < -0.39 is 17.9 Å². The van der Waals surface area contributed by atoms with Gasteiger partial charge in [0, 0.05) is 17.5 Å². The summed E-state index contributed by atoms with van der Waals surface area (Å²) in [7, 11) is 1.31. The highest BCUT2D eigenvalue weighted by atomic mass is 16.5. The molecule has 5 nitrogen and oxygen atoms in total. The van der Waals surface area contributed by atoms with Gasteiger partial charge in [-0.25, -0.2) is 4.79 Å². The van der Waals surface area contributed by atoms with Crippen LogP contribution < -0.4 is 5.32 Å². The van der Waals surface area contributed by atoms with Crippen LogP contribution in [0.2, 0.25) is 0 Å². The molecular formula is C31H25NO4.